The minimum absolute atomic E-state index is 0.274. The maximum Gasteiger partial charge on any atom is 0.126 e. The van der Waals surface area contributed by atoms with E-state index in [2.05, 4.69) is 98.0 Å². The van der Waals surface area contributed by atoms with Crippen molar-refractivity contribution in [3.63, 3.8) is 0 Å². The average molecular weight is 449 g/mol. The topological polar surface area (TPSA) is 9.23 Å². The van der Waals surface area contributed by atoms with Crippen LogP contribution in [0.4, 0.5) is 0 Å². The van der Waals surface area contributed by atoms with Crippen molar-refractivity contribution in [1.82, 2.24) is 0 Å². The van der Waals surface area contributed by atoms with Gasteiger partial charge in [0.05, 0.1) is 6.10 Å². The van der Waals surface area contributed by atoms with E-state index in [-0.39, 0.29) is 5.04 Å². The van der Waals surface area contributed by atoms with E-state index in [4.69, 9.17) is 4.74 Å². The van der Waals surface area contributed by atoms with Gasteiger partial charge in [0.1, 0.15) is 14.5 Å². The molecule has 0 N–H and O–H groups in total. The van der Waals surface area contributed by atoms with Crippen LogP contribution >= 0.6 is 22.6 Å². The van der Waals surface area contributed by atoms with Gasteiger partial charge in [-0.05, 0) is 35.9 Å². The van der Waals surface area contributed by atoms with Crippen molar-refractivity contribution in [3.05, 3.63) is 54.6 Å². The summed E-state index contributed by atoms with van der Waals surface area (Å²) in [6.07, 6.45) is 2.86. The molecule has 1 aliphatic rings. The molecule has 1 radical (unpaired) electrons. The lowest BCUT2D eigenvalue weighted by atomic mass is 9.84. The molecule has 0 unspecified atom stereocenters. The molecule has 1 fully saturated rings. The van der Waals surface area contributed by atoms with Gasteiger partial charge in [-0.3, -0.25) is 0 Å². The highest BCUT2D eigenvalue weighted by atomic mass is 127. The minimum atomic E-state index is -0.820. The van der Waals surface area contributed by atoms with Crippen LogP contribution in [-0.2, 0) is 0 Å². The summed E-state index contributed by atoms with van der Waals surface area (Å²) in [5.74, 6) is 1.89. The zero-order chi connectivity index (χ0) is 17.2. The van der Waals surface area contributed by atoms with Crippen LogP contribution in [0.2, 0.25) is 5.04 Å². The Morgan fingerprint density at radius 3 is 2.08 bits per heavy atom. The van der Waals surface area contributed by atoms with Crippen LogP contribution in [0.3, 0.4) is 0 Å². The SMILES string of the molecule is CC(C)(C)[Si](c1ccccc1)c1ccc(OC2CC(CI)C2)cc1. The Bertz CT molecular complexity index is 642. The molecule has 3 heteroatoms. The molecular formula is C21H26IOSi. The number of halogens is 1. The molecule has 2 aromatic rings. The minimum Gasteiger partial charge on any atom is -0.490 e. The maximum atomic E-state index is 6.12. The molecule has 1 nitrogen and oxygen atoms in total. The summed E-state index contributed by atoms with van der Waals surface area (Å²) in [5, 5.41) is 3.22. The smallest absolute Gasteiger partial charge is 0.126 e. The number of ether oxygens (including phenoxy) is 1. The van der Waals surface area contributed by atoms with E-state index in [1.807, 2.05) is 0 Å². The number of rotatable bonds is 5. The average Bonchev–Trinajstić information content (AvgIpc) is 2.52. The van der Waals surface area contributed by atoms with Crippen molar-refractivity contribution in [2.24, 2.45) is 5.92 Å². The molecule has 0 amide bonds. The van der Waals surface area contributed by atoms with Gasteiger partial charge in [0.2, 0.25) is 0 Å². The van der Waals surface area contributed by atoms with E-state index in [0.29, 0.717) is 6.10 Å². The molecule has 0 saturated heterocycles. The third kappa shape index (κ3) is 4.23. The largest absolute Gasteiger partial charge is 0.490 e. The van der Waals surface area contributed by atoms with E-state index in [1.165, 1.54) is 27.6 Å². The molecule has 1 aliphatic carbocycles. The molecule has 0 aliphatic heterocycles. The molecule has 3 rings (SSSR count). The van der Waals surface area contributed by atoms with E-state index < -0.39 is 8.80 Å². The van der Waals surface area contributed by atoms with Crippen LogP contribution in [-0.4, -0.2) is 19.3 Å². The van der Waals surface area contributed by atoms with Gasteiger partial charge in [0.15, 0.2) is 0 Å². The fraction of sp³-hybridized carbons (Fsp3) is 0.429. The summed E-state index contributed by atoms with van der Waals surface area (Å²) in [6.45, 7) is 7.08. The zero-order valence-electron chi connectivity index (χ0n) is 14.8. The van der Waals surface area contributed by atoms with Crippen molar-refractivity contribution < 1.29 is 4.74 Å². The second-order valence-electron chi connectivity index (χ2n) is 7.75. The van der Waals surface area contributed by atoms with Gasteiger partial charge < -0.3 is 4.74 Å². The molecule has 1 saturated carbocycles. The predicted octanol–water partition coefficient (Wildman–Crippen LogP) is 4.69. The molecule has 2 aromatic carbocycles. The second-order valence-corrected chi connectivity index (χ2v) is 12.0. The van der Waals surface area contributed by atoms with Crippen molar-refractivity contribution in [1.29, 1.82) is 0 Å². The predicted molar refractivity (Wildman–Crippen MR) is 114 cm³/mol. The Labute approximate surface area is 161 Å². The van der Waals surface area contributed by atoms with Crippen LogP contribution < -0.4 is 15.1 Å². The van der Waals surface area contributed by atoms with E-state index in [0.717, 1.165) is 11.7 Å². The van der Waals surface area contributed by atoms with Crippen LogP contribution in [0.25, 0.3) is 0 Å². The Morgan fingerprint density at radius 1 is 0.958 bits per heavy atom. The molecule has 127 valence electrons. The summed E-state index contributed by atoms with van der Waals surface area (Å²) in [6, 6.07) is 19.9. The quantitative estimate of drug-likeness (QED) is 0.366. The van der Waals surface area contributed by atoms with Crippen LogP contribution in [0.15, 0.2) is 54.6 Å². The normalized spacial score (nSPS) is 20.7. The standard InChI is InChI=1S/C21H26IOSi/c1-21(2,3)24(19-7-5-4-6-8-19)20-11-9-17(10-12-20)23-18-13-16(14-18)15-22/h4-12,16,18H,13-15H2,1-3H3. The van der Waals surface area contributed by atoms with Crippen LogP contribution in [0.5, 0.6) is 5.75 Å². The van der Waals surface area contributed by atoms with Gasteiger partial charge in [-0.2, -0.15) is 0 Å². The highest BCUT2D eigenvalue weighted by Crippen LogP contribution is 2.32. The van der Waals surface area contributed by atoms with Crippen LogP contribution in [0.1, 0.15) is 33.6 Å². The third-order valence-electron chi connectivity index (χ3n) is 4.67. The first-order chi connectivity index (χ1) is 11.5. The molecule has 0 aromatic heterocycles. The molecular weight excluding hydrogens is 423 g/mol. The highest BCUT2D eigenvalue weighted by Gasteiger charge is 2.31. The van der Waals surface area contributed by atoms with Gasteiger partial charge in [-0.25, -0.2) is 0 Å². The van der Waals surface area contributed by atoms with Gasteiger partial charge in [-0.1, -0.05) is 96.2 Å². The van der Waals surface area contributed by atoms with Crippen LogP contribution in [0, 0.1) is 5.92 Å². The zero-order valence-corrected chi connectivity index (χ0v) is 17.9. The number of benzene rings is 2. The van der Waals surface area contributed by atoms with Gasteiger partial charge in [0, 0.05) is 4.43 Å². The summed E-state index contributed by atoms with van der Waals surface area (Å²) >= 11 is 2.48. The number of hydrogen-bond acceptors (Lipinski definition) is 1. The number of hydrogen-bond donors (Lipinski definition) is 0. The first-order valence-corrected chi connectivity index (χ1v) is 11.8. The summed E-state index contributed by atoms with van der Waals surface area (Å²) in [5.41, 5.74) is 0. The first-order valence-electron chi connectivity index (χ1n) is 8.73. The van der Waals surface area contributed by atoms with Crippen molar-refractivity contribution >= 4 is 41.8 Å². The van der Waals surface area contributed by atoms with Gasteiger partial charge in [-0.15, -0.1) is 0 Å². The van der Waals surface area contributed by atoms with Crippen molar-refractivity contribution in [2.45, 2.75) is 44.8 Å². The summed E-state index contributed by atoms with van der Waals surface area (Å²) in [4.78, 5) is 0. The Kier molecular flexibility index (Phi) is 5.70. The third-order valence-corrected chi connectivity index (χ3v) is 9.24. The monoisotopic (exact) mass is 449 g/mol. The van der Waals surface area contributed by atoms with Gasteiger partial charge >= 0.3 is 0 Å². The molecule has 0 heterocycles. The summed E-state index contributed by atoms with van der Waals surface area (Å²) < 4.78 is 7.37. The lowest BCUT2D eigenvalue weighted by Gasteiger charge is -2.34. The lowest BCUT2D eigenvalue weighted by Crippen LogP contribution is -2.48. The van der Waals surface area contributed by atoms with E-state index in [1.54, 1.807) is 0 Å². The highest BCUT2D eigenvalue weighted by molar-refractivity contribution is 14.1. The van der Waals surface area contributed by atoms with Crippen molar-refractivity contribution in [3.8, 4) is 5.75 Å². The second kappa shape index (κ2) is 7.61. The Balaban J connectivity index is 1.75. The molecule has 0 atom stereocenters. The maximum absolute atomic E-state index is 6.12. The van der Waals surface area contributed by atoms with E-state index >= 15 is 0 Å². The first kappa shape index (κ1) is 18.0. The Hall–Kier alpha value is -0.813. The molecule has 24 heavy (non-hydrogen) atoms. The van der Waals surface area contributed by atoms with Gasteiger partial charge in [0.25, 0.3) is 0 Å². The molecule has 0 bridgehead atoms. The summed E-state index contributed by atoms with van der Waals surface area (Å²) in [7, 11) is -0.820. The lowest BCUT2D eigenvalue weighted by molar-refractivity contribution is 0.0773. The fourth-order valence-electron chi connectivity index (χ4n) is 3.43. The molecule has 0 spiro atoms. The van der Waals surface area contributed by atoms with Crippen molar-refractivity contribution in [2.75, 3.05) is 4.43 Å². The Morgan fingerprint density at radius 2 is 1.54 bits per heavy atom. The number of alkyl halides is 1. The fourth-order valence-corrected chi connectivity index (χ4v) is 7.24. The van der Waals surface area contributed by atoms with E-state index in [9.17, 15) is 0 Å².